The van der Waals surface area contributed by atoms with Gasteiger partial charge in [-0.2, -0.15) is 4.98 Å². The lowest BCUT2D eigenvalue weighted by molar-refractivity contribution is 0.459. The van der Waals surface area contributed by atoms with Crippen LogP contribution in [-0.4, -0.2) is 9.97 Å². The van der Waals surface area contributed by atoms with Crippen LogP contribution in [0.5, 0.6) is 11.6 Å². The Morgan fingerprint density at radius 1 is 1.16 bits per heavy atom. The molecule has 1 saturated carbocycles. The molecule has 1 heterocycles. The molecule has 0 bridgehead atoms. The molecular weight excluding hydrogens is 285 g/mol. The Balaban J connectivity index is 1.92. The number of aromatic nitrogens is 2. The fourth-order valence-electron chi connectivity index (χ4n) is 1.71. The Kier molecular flexibility index (Phi) is 3.21. The minimum Gasteiger partial charge on any atom is -0.437 e. The Morgan fingerprint density at radius 2 is 1.95 bits per heavy atom. The van der Waals surface area contributed by atoms with Crippen molar-refractivity contribution in [3.63, 3.8) is 0 Å². The van der Waals surface area contributed by atoms with Crippen LogP contribution in [0.2, 0.25) is 10.0 Å². The lowest BCUT2D eigenvalue weighted by Gasteiger charge is -2.08. The van der Waals surface area contributed by atoms with Crippen LogP contribution < -0.4 is 10.5 Å². The fraction of sp³-hybridized carbons (Fsp3) is 0.231. The molecule has 1 fully saturated rings. The van der Waals surface area contributed by atoms with Crippen LogP contribution in [0.1, 0.15) is 24.6 Å². The van der Waals surface area contributed by atoms with E-state index in [1.165, 1.54) is 0 Å². The van der Waals surface area contributed by atoms with Crippen molar-refractivity contribution >= 4 is 29.0 Å². The molecule has 0 radical (unpaired) electrons. The second-order valence-electron chi connectivity index (χ2n) is 4.44. The summed E-state index contributed by atoms with van der Waals surface area (Å²) in [6, 6.07) is 6.58. The van der Waals surface area contributed by atoms with Crippen LogP contribution in [0.3, 0.4) is 0 Å². The molecule has 4 nitrogen and oxygen atoms in total. The molecule has 2 N–H and O–H groups in total. The number of nitrogen functional groups attached to an aromatic ring is 1. The highest BCUT2D eigenvalue weighted by molar-refractivity contribution is 6.34. The predicted octanol–water partition coefficient (Wildman–Crippen LogP) is 4.04. The monoisotopic (exact) mass is 295 g/mol. The van der Waals surface area contributed by atoms with Crippen molar-refractivity contribution in [2.45, 2.75) is 18.8 Å². The smallest absolute Gasteiger partial charge is 0.224 e. The first-order valence-corrected chi connectivity index (χ1v) is 6.65. The van der Waals surface area contributed by atoms with Crippen LogP contribution in [0.4, 0.5) is 5.82 Å². The molecule has 1 aliphatic rings. The van der Waals surface area contributed by atoms with E-state index in [9.17, 15) is 0 Å². The third kappa shape index (κ3) is 2.91. The Bertz CT molecular complexity index is 629. The second-order valence-corrected chi connectivity index (χ2v) is 5.28. The highest BCUT2D eigenvalue weighted by Crippen LogP contribution is 2.39. The van der Waals surface area contributed by atoms with Crippen LogP contribution in [0, 0.1) is 0 Å². The molecule has 19 heavy (non-hydrogen) atoms. The number of halogens is 2. The van der Waals surface area contributed by atoms with Crippen LogP contribution in [0.15, 0.2) is 24.3 Å². The molecule has 1 aliphatic carbocycles. The molecule has 98 valence electrons. The number of ether oxygens (including phenoxy) is 1. The Morgan fingerprint density at radius 3 is 2.68 bits per heavy atom. The van der Waals surface area contributed by atoms with E-state index in [0.717, 1.165) is 18.7 Å². The normalized spacial score (nSPS) is 14.4. The zero-order chi connectivity index (χ0) is 13.4. The average Bonchev–Trinajstić information content (AvgIpc) is 3.17. The van der Waals surface area contributed by atoms with Gasteiger partial charge in [-0.15, -0.1) is 0 Å². The number of hydrogen-bond donors (Lipinski definition) is 1. The van der Waals surface area contributed by atoms with Crippen molar-refractivity contribution in [3.05, 3.63) is 40.1 Å². The maximum Gasteiger partial charge on any atom is 0.224 e. The summed E-state index contributed by atoms with van der Waals surface area (Å²) in [5.74, 6) is 2.37. The molecule has 0 atom stereocenters. The number of hydrogen-bond acceptors (Lipinski definition) is 4. The zero-order valence-electron chi connectivity index (χ0n) is 9.94. The largest absolute Gasteiger partial charge is 0.437 e. The predicted molar refractivity (Wildman–Crippen MR) is 75.0 cm³/mol. The summed E-state index contributed by atoms with van der Waals surface area (Å²) in [7, 11) is 0. The van der Waals surface area contributed by atoms with Gasteiger partial charge in [0.15, 0.2) is 0 Å². The molecule has 0 saturated heterocycles. The van der Waals surface area contributed by atoms with Gasteiger partial charge in [-0.25, -0.2) is 4.98 Å². The van der Waals surface area contributed by atoms with Gasteiger partial charge in [-0.05, 0) is 25.0 Å². The molecule has 3 rings (SSSR count). The van der Waals surface area contributed by atoms with Crippen LogP contribution in [0.25, 0.3) is 0 Å². The maximum atomic E-state index is 6.04. The standard InChI is InChI=1S/C13H11Cl2N3O/c14-8-3-4-9(15)10(5-8)19-12-6-11(16)17-13(18-12)7-1-2-7/h3-7H,1-2H2,(H2,16,17,18). The molecule has 1 aromatic carbocycles. The zero-order valence-corrected chi connectivity index (χ0v) is 11.4. The van der Waals surface area contributed by atoms with Gasteiger partial charge in [-0.1, -0.05) is 23.2 Å². The van der Waals surface area contributed by atoms with Gasteiger partial charge in [0.1, 0.15) is 17.4 Å². The average molecular weight is 296 g/mol. The van der Waals surface area contributed by atoms with E-state index in [-0.39, 0.29) is 0 Å². The van der Waals surface area contributed by atoms with Crippen molar-refractivity contribution in [2.75, 3.05) is 5.73 Å². The summed E-state index contributed by atoms with van der Waals surface area (Å²) >= 11 is 12.0. The topological polar surface area (TPSA) is 61.0 Å². The molecule has 2 aromatic rings. The van der Waals surface area contributed by atoms with Gasteiger partial charge < -0.3 is 10.5 Å². The van der Waals surface area contributed by atoms with Gasteiger partial charge >= 0.3 is 0 Å². The Hall–Kier alpha value is -1.52. The first-order valence-electron chi connectivity index (χ1n) is 5.89. The van der Waals surface area contributed by atoms with E-state index in [4.69, 9.17) is 33.7 Å². The second kappa shape index (κ2) is 4.87. The van der Waals surface area contributed by atoms with E-state index in [2.05, 4.69) is 9.97 Å². The SMILES string of the molecule is Nc1cc(Oc2cc(Cl)ccc2Cl)nc(C2CC2)n1. The Labute approximate surface area is 120 Å². The highest BCUT2D eigenvalue weighted by Gasteiger charge is 2.27. The van der Waals surface area contributed by atoms with Gasteiger partial charge in [0.25, 0.3) is 0 Å². The van der Waals surface area contributed by atoms with Crippen molar-refractivity contribution in [3.8, 4) is 11.6 Å². The fourth-order valence-corrected chi connectivity index (χ4v) is 2.02. The third-order valence-corrected chi connectivity index (χ3v) is 3.34. The lowest BCUT2D eigenvalue weighted by atomic mass is 10.3. The number of anilines is 1. The van der Waals surface area contributed by atoms with Gasteiger partial charge in [-0.3, -0.25) is 0 Å². The minimum atomic E-state index is 0.388. The van der Waals surface area contributed by atoms with Crippen LogP contribution >= 0.6 is 23.2 Å². The number of nitrogens with zero attached hydrogens (tertiary/aromatic N) is 2. The molecule has 1 aromatic heterocycles. The van der Waals surface area contributed by atoms with Gasteiger partial charge in [0, 0.05) is 23.1 Å². The number of rotatable bonds is 3. The van der Waals surface area contributed by atoms with Crippen LogP contribution in [-0.2, 0) is 0 Å². The van der Waals surface area contributed by atoms with E-state index in [1.54, 1.807) is 24.3 Å². The van der Waals surface area contributed by atoms with Gasteiger partial charge in [0.05, 0.1) is 5.02 Å². The number of benzene rings is 1. The van der Waals surface area contributed by atoms with Crippen molar-refractivity contribution in [1.82, 2.24) is 9.97 Å². The first kappa shape index (κ1) is 12.5. The summed E-state index contributed by atoms with van der Waals surface area (Å²) < 4.78 is 5.64. The summed E-state index contributed by atoms with van der Waals surface area (Å²) in [4.78, 5) is 8.55. The lowest BCUT2D eigenvalue weighted by Crippen LogP contribution is -2.00. The molecule has 0 amide bonds. The molecule has 6 heteroatoms. The maximum absolute atomic E-state index is 6.04. The van der Waals surface area contributed by atoms with Crippen molar-refractivity contribution in [2.24, 2.45) is 0 Å². The van der Waals surface area contributed by atoms with Crippen molar-refractivity contribution in [1.29, 1.82) is 0 Å². The summed E-state index contributed by atoms with van der Waals surface area (Å²) in [5.41, 5.74) is 5.76. The summed E-state index contributed by atoms with van der Waals surface area (Å²) in [6.07, 6.45) is 2.20. The summed E-state index contributed by atoms with van der Waals surface area (Å²) in [6.45, 7) is 0. The molecule has 0 aliphatic heterocycles. The van der Waals surface area contributed by atoms with E-state index in [1.807, 2.05) is 0 Å². The number of nitrogens with two attached hydrogens (primary N) is 1. The van der Waals surface area contributed by atoms with E-state index in [0.29, 0.717) is 33.4 Å². The summed E-state index contributed by atoms with van der Waals surface area (Å²) in [5, 5.41) is 1.01. The quantitative estimate of drug-likeness (QED) is 0.928. The van der Waals surface area contributed by atoms with Crippen molar-refractivity contribution < 1.29 is 4.74 Å². The molecule has 0 spiro atoms. The minimum absolute atomic E-state index is 0.388. The third-order valence-electron chi connectivity index (χ3n) is 2.79. The van der Waals surface area contributed by atoms with E-state index < -0.39 is 0 Å². The molecule has 0 unspecified atom stereocenters. The van der Waals surface area contributed by atoms with E-state index >= 15 is 0 Å². The first-order chi connectivity index (χ1) is 9.11. The van der Waals surface area contributed by atoms with Gasteiger partial charge in [0.2, 0.25) is 5.88 Å². The highest BCUT2D eigenvalue weighted by atomic mass is 35.5. The molecular formula is C13H11Cl2N3O.